The van der Waals surface area contributed by atoms with Crippen LogP contribution in [0, 0.1) is 0 Å². The number of fused-ring (bicyclic) bond motifs is 1. The Morgan fingerprint density at radius 2 is 2.05 bits per heavy atom. The second kappa shape index (κ2) is 10.1. The number of anilines is 1. The predicted octanol–water partition coefficient (Wildman–Crippen LogP) is 3.96. The Bertz CT molecular complexity index is 1440. The van der Waals surface area contributed by atoms with E-state index in [2.05, 4.69) is 47.1 Å². The minimum Gasteiger partial charge on any atom is -0.376 e. The van der Waals surface area contributed by atoms with Gasteiger partial charge in [-0.15, -0.1) is 11.3 Å². The van der Waals surface area contributed by atoms with Crippen molar-refractivity contribution in [1.29, 1.82) is 0 Å². The first-order chi connectivity index (χ1) is 18.5. The third-order valence-electron chi connectivity index (χ3n) is 7.88. The van der Waals surface area contributed by atoms with E-state index in [4.69, 9.17) is 14.7 Å². The monoisotopic (exact) mass is 531 g/mol. The van der Waals surface area contributed by atoms with E-state index in [1.165, 1.54) is 0 Å². The Morgan fingerprint density at radius 3 is 2.71 bits per heavy atom. The summed E-state index contributed by atoms with van der Waals surface area (Å²) in [4.78, 5) is 29.1. The van der Waals surface area contributed by atoms with Gasteiger partial charge in [-0.1, -0.05) is 19.9 Å². The first-order valence-electron chi connectivity index (χ1n) is 13.3. The fourth-order valence-corrected chi connectivity index (χ4v) is 6.08. The van der Waals surface area contributed by atoms with E-state index in [1.54, 1.807) is 22.0 Å². The van der Waals surface area contributed by atoms with Crippen LogP contribution in [0.15, 0.2) is 48.1 Å². The molecule has 6 heterocycles. The number of ether oxygens (including phenoxy) is 1. The number of thiophene rings is 1. The topological polar surface area (TPSA) is 87.9 Å². The van der Waals surface area contributed by atoms with Crippen molar-refractivity contribution in [2.45, 2.75) is 38.8 Å². The number of amides is 1. The van der Waals surface area contributed by atoms with Crippen LogP contribution in [0.5, 0.6) is 0 Å². The van der Waals surface area contributed by atoms with Gasteiger partial charge >= 0.3 is 0 Å². The van der Waals surface area contributed by atoms with Crippen LogP contribution in [-0.4, -0.2) is 81.4 Å². The fraction of sp³-hybridized carbons (Fsp3) is 0.429. The maximum Gasteiger partial charge on any atom is 0.251 e. The minimum absolute atomic E-state index is 0.00230. The van der Waals surface area contributed by atoms with Gasteiger partial charge in [0.2, 0.25) is 0 Å². The molecule has 10 heteroatoms. The maximum atomic E-state index is 13.4. The van der Waals surface area contributed by atoms with Crippen molar-refractivity contribution in [1.82, 2.24) is 29.8 Å². The van der Waals surface area contributed by atoms with Crippen molar-refractivity contribution >= 4 is 28.7 Å². The van der Waals surface area contributed by atoms with Crippen LogP contribution in [0.1, 0.15) is 37.6 Å². The third kappa shape index (κ3) is 4.36. The molecule has 0 radical (unpaired) electrons. The summed E-state index contributed by atoms with van der Waals surface area (Å²) in [6.07, 6.45) is 4.78. The van der Waals surface area contributed by atoms with Gasteiger partial charge in [0.05, 0.1) is 46.8 Å². The van der Waals surface area contributed by atoms with Gasteiger partial charge < -0.3 is 15.0 Å². The van der Waals surface area contributed by atoms with Gasteiger partial charge in [0.15, 0.2) is 5.65 Å². The summed E-state index contributed by atoms with van der Waals surface area (Å²) >= 11 is 1.65. The van der Waals surface area contributed by atoms with Crippen LogP contribution in [0.3, 0.4) is 0 Å². The number of nitrogens with one attached hydrogen (secondary N) is 1. The molecule has 6 rings (SSSR count). The molecule has 2 aliphatic rings. The molecule has 198 valence electrons. The molecule has 1 N–H and O–H groups in total. The maximum absolute atomic E-state index is 13.4. The van der Waals surface area contributed by atoms with E-state index in [1.807, 2.05) is 35.8 Å². The van der Waals surface area contributed by atoms with Gasteiger partial charge in [0.1, 0.15) is 5.82 Å². The van der Waals surface area contributed by atoms with Crippen molar-refractivity contribution in [2.24, 2.45) is 0 Å². The molecule has 0 bridgehead atoms. The number of carbonyl (C=O) groups excluding carboxylic acids is 1. The molecule has 1 unspecified atom stereocenters. The molecule has 0 aliphatic carbocycles. The Balaban J connectivity index is 1.37. The molecule has 2 saturated heterocycles. The number of nitrogens with zero attached hydrogens (tertiary/aromatic N) is 6. The number of hydrogen-bond acceptors (Lipinski definition) is 8. The first kappa shape index (κ1) is 25.0. The molecule has 4 aromatic heterocycles. The highest BCUT2D eigenvalue weighted by Crippen LogP contribution is 2.41. The average molecular weight is 532 g/mol. The zero-order valence-electron chi connectivity index (χ0n) is 22.1. The molecule has 0 aromatic carbocycles. The smallest absolute Gasteiger partial charge is 0.251 e. The SMILES string of the molecule is CCN(CC)C(C)CNC(=O)c1cc(-c2cnn3ccc(-c4cccs4)nc23)nc(N2CCC23COC3)c1. The normalized spacial score (nSPS) is 17.0. The number of hydrogen-bond donors (Lipinski definition) is 1. The molecule has 2 fully saturated rings. The average Bonchev–Trinajstić information content (AvgIpc) is 3.56. The van der Waals surface area contributed by atoms with Crippen molar-refractivity contribution in [3.05, 3.63) is 53.7 Å². The molecule has 38 heavy (non-hydrogen) atoms. The lowest BCUT2D eigenvalue weighted by molar-refractivity contribution is -0.0851. The molecule has 1 amide bonds. The molecule has 1 spiro atoms. The summed E-state index contributed by atoms with van der Waals surface area (Å²) in [6.45, 7) is 11.2. The first-order valence-corrected chi connectivity index (χ1v) is 14.2. The zero-order valence-corrected chi connectivity index (χ0v) is 22.9. The van der Waals surface area contributed by atoms with Gasteiger partial charge in [-0.25, -0.2) is 14.5 Å². The summed E-state index contributed by atoms with van der Waals surface area (Å²) in [5, 5.41) is 9.73. The highest BCUT2D eigenvalue weighted by Gasteiger charge is 2.51. The summed E-state index contributed by atoms with van der Waals surface area (Å²) in [7, 11) is 0. The van der Waals surface area contributed by atoms with Crippen LogP contribution in [0.4, 0.5) is 5.82 Å². The van der Waals surface area contributed by atoms with E-state index in [-0.39, 0.29) is 17.5 Å². The second-order valence-corrected chi connectivity index (χ2v) is 11.1. The Morgan fingerprint density at radius 1 is 1.21 bits per heavy atom. The van der Waals surface area contributed by atoms with Crippen molar-refractivity contribution in [3.8, 4) is 21.8 Å². The number of carbonyl (C=O) groups is 1. The summed E-state index contributed by atoms with van der Waals surface area (Å²) in [5.74, 6) is 0.699. The highest BCUT2D eigenvalue weighted by molar-refractivity contribution is 7.13. The van der Waals surface area contributed by atoms with Crippen molar-refractivity contribution < 1.29 is 9.53 Å². The van der Waals surface area contributed by atoms with Crippen molar-refractivity contribution in [2.75, 3.05) is 44.3 Å². The standard InChI is InChI=1S/C28H33N7O2S/c1-4-33(5-2)19(3)15-29-27(36)20-13-23(31-25(14-20)34-11-9-28(34)17-37-18-28)21-16-30-35-10-8-22(32-26(21)35)24-7-6-12-38-24/h6-8,10,12-14,16,19H,4-5,9,11,15,17-18H2,1-3H3,(H,29,36). The molecule has 0 saturated carbocycles. The predicted molar refractivity (Wildman–Crippen MR) is 150 cm³/mol. The minimum atomic E-state index is -0.1000. The number of rotatable bonds is 9. The van der Waals surface area contributed by atoms with Gasteiger partial charge in [0, 0.05) is 30.9 Å². The quantitative estimate of drug-likeness (QED) is 0.350. The lowest BCUT2D eigenvalue weighted by Crippen LogP contribution is -2.71. The summed E-state index contributed by atoms with van der Waals surface area (Å²) < 4.78 is 7.31. The molecular weight excluding hydrogens is 498 g/mol. The summed E-state index contributed by atoms with van der Waals surface area (Å²) in [6, 6.07) is 10.1. The zero-order chi connectivity index (χ0) is 26.3. The van der Waals surface area contributed by atoms with E-state index < -0.39 is 0 Å². The largest absolute Gasteiger partial charge is 0.376 e. The summed E-state index contributed by atoms with van der Waals surface area (Å²) in [5.41, 5.74) is 3.69. The van der Waals surface area contributed by atoms with Crippen molar-refractivity contribution in [3.63, 3.8) is 0 Å². The lowest BCUT2D eigenvalue weighted by Gasteiger charge is -2.58. The molecule has 9 nitrogen and oxygen atoms in total. The van der Waals surface area contributed by atoms with Gasteiger partial charge in [-0.3, -0.25) is 9.69 Å². The Labute approximate surface area is 226 Å². The highest BCUT2D eigenvalue weighted by atomic mass is 32.1. The fourth-order valence-electron chi connectivity index (χ4n) is 5.39. The molecular formula is C28H33N7O2S. The third-order valence-corrected chi connectivity index (χ3v) is 8.77. The van der Waals surface area contributed by atoms with E-state index in [9.17, 15) is 4.79 Å². The van der Waals surface area contributed by atoms with Gasteiger partial charge in [-0.05, 0) is 56.1 Å². The lowest BCUT2D eigenvalue weighted by atomic mass is 9.82. The van der Waals surface area contributed by atoms with Crippen LogP contribution in [0.25, 0.3) is 27.5 Å². The van der Waals surface area contributed by atoms with Gasteiger partial charge in [0.25, 0.3) is 5.91 Å². The number of aromatic nitrogens is 4. The Kier molecular flexibility index (Phi) is 6.63. The van der Waals surface area contributed by atoms with Crippen LogP contribution in [-0.2, 0) is 4.74 Å². The van der Waals surface area contributed by atoms with Crippen LogP contribution >= 0.6 is 11.3 Å². The second-order valence-electron chi connectivity index (χ2n) is 10.1. The number of pyridine rings is 1. The van der Waals surface area contributed by atoms with Crippen LogP contribution < -0.4 is 10.2 Å². The van der Waals surface area contributed by atoms with Crippen LogP contribution in [0.2, 0.25) is 0 Å². The molecule has 4 aromatic rings. The van der Waals surface area contributed by atoms with E-state index in [0.717, 1.165) is 48.0 Å². The van der Waals surface area contributed by atoms with E-state index >= 15 is 0 Å². The van der Waals surface area contributed by atoms with E-state index in [0.29, 0.717) is 36.7 Å². The molecule has 2 aliphatic heterocycles. The number of likely N-dealkylation sites (N-methyl/N-ethyl adjacent to an activating group) is 1. The Hall–Kier alpha value is -3.34. The van der Waals surface area contributed by atoms with Gasteiger partial charge in [-0.2, -0.15) is 5.10 Å². The molecule has 1 atom stereocenters.